The van der Waals surface area contributed by atoms with Crippen LogP contribution in [0.2, 0.25) is 0 Å². The molecule has 0 radical (unpaired) electrons. The van der Waals surface area contributed by atoms with Gasteiger partial charge in [0.25, 0.3) is 0 Å². The Morgan fingerprint density at radius 3 is 2.68 bits per heavy atom. The van der Waals surface area contributed by atoms with Gasteiger partial charge in [0.2, 0.25) is 0 Å². The number of carbonyl (C=O) groups excluding carboxylic acids is 1. The van der Waals surface area contributed by atoms with Crippen molar-refractivity contribution >= 4 is 11.7 Å². The Morgan fingerprint density at radius 2 is 2.00 bits per heavy atom. The number of ether oxygens (including phenoxy) is 2. The number of aryl methyl sites for hydroxylation is 2. The van der Waals surface area contributed by atoms with Crippen molar-refractivity contribution in [3.05, 3.63) is 23.3 Å². The van der Waals surface area contributed by atoms with Crippen LogP contribution in [-0.2, 0) is 16.0 Å². The van der Waals surface area contributed by atoms with Crippen LogP contribution in [0.15, 0.2) is 12.1 Å². The van der Waals surface area contributed by atoms with E-state index in [1.54, 1.807) is 0 Å². The van der Waals surface area contributed by atoms with Crippen LogP contribution in [0.5, 0.6) is 5.75 Å². The van der Waals surface area contributed by atoms with E-state index in [0.717, 1.165) is 44.0 Å². The maximum Gasteiger partial charge on any atom is 0.347 e. The van der Waals surface area contributed by atoms with Gasteiger partial charge >= 0.3 is 5.97 Å². The lowest BCUT2D eigenvalue weighted by atomic mass is 9.98. The number of benzene rings is 1. The monoisotopic (exact) mass is 304 g/mol. The normalized spacial score (nSPS) is 22.0. The molecule has 1 unspecified atom stereocenters. The Morgan fingerprint density at radius 1 is 1.27 bits per heavy atom. The molecule has 3 rings (SSSR count). The lowest BCUT2D eigenvalue weighted by molar-refractivity contribution is -0.149. The second-order valence-electron chi connectivity index (χ2n) is 6.23. The Hall–Kier alpha value is -1.75. The second-order valence-corrected chi connectivity index (χ2v) is 6.23. The fraction of sp³-hybridized carbons (Fsp3) is 0.588. The van der Waals surface area contributed by atoms with Gasteiger partial charge in [-0.1, -0.05) is 6.07 Å². The summed E-state index contributed by atoms with van der Waals surface area (Å²) in [6.45, 7) is 6.18. The van der Waals surface area contributed by atoms with E-state index in [1.807, 2.05) is 0 Å². The highest BCUT2D eigenvalue weighted by molar-refractivity contribution is 5.76. The minimum atomic E-state index is -0.480. The summed E-state index contributed by atoms with van der Waals surface area (Å²) in [5, 5.41) is 0. The van der Waals surface area contributed by atoms with Crippen LogP contribution in [0.25, 0.3) is 0 Å². The predicted octanol–water partition coefficient (Wildman–Crippen LogP) is 1.61. The smallest absolute Gasteiger partial charge is 0.347 e. The van der Waals surface area contributed by atoms with Crippen LogP contribution < -0.4 is 9.64 Å². The minimum Gasteiger partial charge on any atom is -0.476 e. The first kappa shape index (κ1) is 15.2. The van der Waals surface area contributed by atoms with Crippen molar-refractivity contribution < 1.29 is 14.3 Å². The van der Waals surface area contributed by atoms with E-state index < -0.39 is 6.10 Å². The van der Waals surface area contributed by atoms with Gasteiger partial charge in [-0.2, -0.15) is 0 Å². The van der Waals surface area contributed by atoms with Gasteiger partial charge in [0, 0.05) is 26.2 Å². The van der Waals surface area contributed by atoms with Crippen molar-refractivity contribution in [3.8, 4) is 5.75 Å². The molecule has 0 bridgehead atoms. The minimum absolute atomic E-state index is 0.282. The molecular formula is C17H24N2O3. The average molecular weight is 304 g/mol. The highest BCUT2D eigenvalue weighted by atomic mass is 16.6. The van der Waals surface area contributed by atoms with Crippen molar-refractivity contribution in [1.29, 1.82) is 0 Å². The SMILES string of the molecule is COC(=O)C1CCc2cc(C)cc(N3CCN(C)CC3)c2O1. The van der Waals surface area contributed by atoms with E-state index in [-0.39, 0.29) is 5.97 Å². The Bertz CT molecular complexity index is 565. The molecule has 1 saturated heterocycles. The number of piperazine rings is 1. The van der Waals surface area contributed by atoms with Crippen molar-refractivity contribution in [2.24, 2.45) is 0 Å². The first-order valence-electron chi connectivity index (χ1n) is 7.90. The van der Waals surface area contributed by atoms with Crippen molar-refractivity contribution in [2.75, 3.05) is 45.2 Å². The van der Waals surface area contributed by atoms with Gasteiger partial charge < -0.3 is 19.3 Å². The Labute approximate surface area is 131 Å². The molecule has 0 aromatic heterocycles. The van der Waals surface area contributed by atoms with Crippen LogP contribution in [-0.4, -0.2) is 57.3 Å². The molecule has 5 nitrogen and oxygen atoms in total. The number of methoxy groups -OCH3 is 1. The molecule has 1 atom stereocenters. The number of nitrogens with zero attached hydrogens (tertiary/aromatic N) is 2. The Balaban J connectivity index is 1.90. The zero-order valence-electron chi connectivity index (χ0n) is 13.6. The summed E-state index contributed by atoms with van der Waals surface area (Å²) in [7, 11) is 3.56. The molecule has 0 aliphatic carbocycles. The van der Waals surface area contributed by atoms with Gasteiger partial charge in [0.15, 0.2) is 6.10 Å². The molecular weight excluding hydrogens is 280 g/mol. The standard InChI is InChI=1S/C17H24N2O3/c1-12-10-13-4-5-15(17(20)21-3)22-16(13)14(11-12)19-8-6-18(2)7-9-19/h10-11,15H,4-9H2,1-3H3. The maximum atomic E-state index is 11.8. The number of rotatable bonds is 2. The zero-order valence-corrected chi connectivity index (χ0v) is 13.6. The molecule has 5 heteroatoms. The van der Waals surface area contributed by atoms with Crippen LogP contribution in [0.1, 0.15) is 17.5 Å². The van der Waals surface area contributed by atoms with Gasteiger partial charge in [-0.3, -0.25) is 0 Å². The number of likely N-dealkylation sites (N-methyl/N-ethyl adjacent to an activating group) is 1. The molecule has 0 amide bonds. The third-order valence-electron chi connectivity index (χ3n) is 4.53. The van der Waals surface area contributed by atoms with E-state index in [1.165, 1.54) is 18.2 Å². The van der Waals surface area contributed by atoms with E-state index in [2.05, 4.69) is 35.9 Å². The maximum absolute atomic E-state index is 11.8. The lowest BCUT2D eigenvalue weighted by Gasteiger charge is -2.37. The van der Waals surface area contributed by atoms with Crippen molar-refractivity contribution in [2.45, 2.75) is 25.9 Å². The summed E-state index contributed by atoms with van der Waals surface area (Å²) in [6, 6.07) is 4.34. The largest absolute Gasteiger partial charge is 0.476 e. The first-order chi connectivity index (χ1) is 10.6. The summed E-state index contributed by atoms with van der Waals surface area (Å²) in [5.74, 6) is 0.590. The number of esters is 1. The van der Waals surface area contributed by atoms with E-state index in [4.69, 9.17) is 9.47 Å². The van der Waals surface area contributed by atoms with Crippen LogP contribution >= 0.6 is 0 Å². The average Bonchev–Trinajstić information content (AvgIpc) is 2.53. The molecule has 1 aromatic carbocycles. The Kier molecular flexibility index (Phi) is 4.25. The summed E-state index contributed by atoms with van der Waals surface area (Å²) in [6.07, 6.45) is 1.06. The van der Waals surface area contributed by atoms with Crippen molar-refractivity contribution in [1.82, 2.24) is 4.90 Å². The van der Waals surface area contributed by atoms with Gasteiger partial charge in [0.05, 0.1) is 12.8 Å². The fourth-order valence-corrected chi connectivity index (χ4v) is 3.22. The molecule has 1 aromatic rings. The highest BCUT2D eigenvalue weighted by Gasteiger charge is 2.30. The third-order valence-corrected chi connectivity index (χ3v) is 4.53. The van der Waals surface area contributed by atoms with E-state index in [0.29, 0.717) is 6.42 Å². The van der Waals surface area contributed by atoms with E-state index >= 15 is 0 Å². The van der Waals surface area contributed by atoms with Gasteiger partial charge in [-0.05, 0) is 44.0 Å². The topological polar surface area (TPSA) is 42.0 Å². The summed E-state index contributed by atoms with van der Waals surface area (Å²) < 4.78 is 10.9. The zero-order chi connectivity index (χ0) is 15.7. The lowest BCUT2D eigenvalue weighted by Crippen LogP contribution is -2.45. The predicted molar refractivity (Wildman–Crippen MR) is 85.6 cm³/mol. The number of hydrogen-bond acceptors (Lipinski definition) is 5. The number of hydrogen-bond donors (Lipinski definition) is 0. The summed E-state index contributed by atoms with van der Waals surface area (Å²) in [5.41, 5.74) is 3.57. The van der Waals surface area contributed by atoms with Crippen LogP contribution in [0.3, 0.4) is 0 Å². The molecule has 2 heterocycles. The third kappa shape index (κ3) is 2.90. The molecule has 2 aliphatic heterocycles. The quantitative estimate of drug-likeness (QED) is 0.777. The molecule has 0 N–H and O–H groups in total. The number of carbonyl (C=O) groups is 1. The van der Waals surface area contributed by atoms with Gasteiger partial charge in [0.1, 0.15) is 5.75 Å². The molecule has 2 aliphatic rings. The molecule has 0 saturated carbocycles. The van der Waals surface area contributed by atoms with Crippen LogP contribution in [0.4, 0.5) is 5.69 Å². The molecule has 120 valence electrons. The summed E-state index contributed by atoms with van der Waals surface area (Å²) in [4.78, 5) is 16.5. The van der Waals surface area contributed by atoms with Crippen molar-refractivity contribution in [3.63, 3.8) is 0 Å². The fourth-order valence-electron chi connectivity index (χ4n) is 3.22. The molecule has 22 heavy (non-hydrogen) atoms. The molecule has 0 spiro atoms. The highest BCUT2D eigenvalue weighted by Crippen LogP contribution is 2.39. The number of fused-ring (bicyclic) bond motifs is 1. The van der Waals surface area contributed by atoms with Gasteiger partial charge in [-0.25, -0.2) is 4.79 Å². The van der Waals surface area contributed by atoms with Crippen LogP contribution in [0, 0.1) is 6.92 Å². The summed E-state index contributed by atoms with van der Waals surface area (Å²) >= 11 is 0. The van der Waals surface area contributed by atoms with Gasteiger partial charge in [-0.15, -0.1) is 0 Å². The molecule has 1 fully saturated rings. The first-order valence-corrected chi connectivity index (χ1v) is 7.90. The van der Waals surface area contributed by atoms with E-state index in [9.17, 15) is 4.79 Å². The second kappa shape index (κ2) is 6.16. The number of anilines is 1.